The Bertz CT molecular complexity index is 643. The number of nitrogens with zero attached hydrogens (tertiary/aromatic N) is 3. The molecule has 8 heteroatoms. The van der Waals surface area contributed by atoms with E-state index in [9.17, 15) is 10.1 Å². The van der Waals surface area contributed by atoms with Gasteiger partial charge in [-0.2, -0.15) is 0 Å². The van der Waals surface area contributed by atoms with Gasteiger partial charge in [-0.3, -0.25) is 10.1 Å². The van der Waals surface area contributed by atoms with Crippen molar-refractivity contribution in [3.05, 3.63) is 50.9 Å². The second-order valence-corrected chi connectivity index (χ2v) is 4.44. The van der Waals surface area contributed by atoms with Gasteiger partial charge < -0.3 is 10.5 Å². The molecule has 0 aliphatic heterocycles. The summed E-state index contributed by atoms with van der Waals surface area (Å²) in [4.78, 5) is 18.5. The monoisotopic (exact) mass is 294 g/mol. The average Bonchev–Trinajstić information content (AvgIpc) is 2.35. The van der Waals surface area contributed by atoms with Crippen LogP contribution in [0.5, 0.6) is 5.75 Å². The number of nitrogens with two attached hydrogens (primary N) is 1. The third-order valence-corrected chi connectivity index (χ3v) is 2.63. The third kappa shape index (κ3) is 3.33. The molecule has 0 aliphatic carbocycles. The van der Waals surface area contributed by atoms with Crippen molar-refractivity contribution in [1.29, 1.82) is 0 Å². The highest BCUT2D eigenvalue weighted by molar-refractivity contribution is 6.30. The average molecular weight is 295 g/mol. The highest BCUT2D eigenvalue weighted by atomic mass is 35.5. The van der Waals surface area contributed by atoms with E-state index in [1.54, 1.807) is 13.0 Å². The van der Waals surface area contributed by atoms with Crippen LogP contribution in [0.25, 0.3) is 0 Å². The maximum Gasteiger partial charge on any atom is 0.311 e. The van der Waals surface area contributed by atoms with Crippen molar-refractivity contribution in [2.24, 2.45) is 0 Å². The zero-order chi connectivity index (χ0) is 14.7. The summed E-state index contributed by atoms with van der Waals surface area (Å²) in [6.45, 7) is 1.73. The van der Waals surface area contributed by atoms with E-state index in [2.05, 4.69) is 9.97 Å². The number of hydrogen-bond acceptors (Lipinski definition) is 6. The van der Waals surface area contributed by atoms with Crippen molar-refractivity contribution in [3.63, 3.8) is 0 Å². The molecule has 1 heterocycles. The van der Waals surface area contributed by atoms with E-state index < -0.39 is 4.92 Å². The maximum absolute atomic E-state index is 10.9. The first kappa shape index (κ1) is 14.0. The Kier molecular flexibility index (Phi) is 3.99. The van der Waals surface area contributed by atoms with Gasteiger partial charge in [-0.25, -0.2) is 9.97 Å². The van der Waals surface area contributed by atoms with Crippen LogP contribution in [0.15, 0.2) is 24.3 Å². The Morgan fingerprint density at radius 2 is 2.15 bits per heavy atom. The van der Waals surface area contributed by atoms with Crippen molar-refractivity contribution in [2.75, 3.05) is 5.73 Å². The summed E-state index contributed by atoms with van der Waals surface area (Å²) in [5.74, 6) is 0.722. The summed E-state index contributed by atoms with van der Waals surface area (Å²) >= 11 is 5.80. The van der Waals surface area contributed by atoms with Gasteiger partial charge in [0.05, 0.1) is 4.92 Å². The van der Waals surface area contributed by atoms with Gasteiger partial charge in [0.2, 0.25) is 0 Å². The zero-order valence-electron chi connectivity index (χ0n) is 10.5. The number of benzene rings is 1. The minimum atomic E-state index is -0.545. The molecule has 0 spiro atoms. The van der Waals surface area contributed by atoms with Crippen molar-refractivity contribution < 1.29 is 9.66 Å². The lowest BCUT2D eigenvalue weighted by Crippen LogP contribution is -2.06. The highest BCUT2D eigenvalue weighted by Crippen LogP contribution is 2.30. The molecule has 20 heavy (non-hydrogen) atoms. The van der Waals surface area contributed by atoms with Crippen molar-refractivity contribution in [1.82, 2.24) is 9.97 Å². The van der Waals surface area contributed by atoms with Crippen LogP contribution in [0, 0.1) is 17.0 Å². The lowest BCUT2D eigenvalue weighted by molar-refractivity contribution is -0.385. The lowest BCUT2D eigenvalue weighted by Gasteiger charge is -2.07. The smallest absolute Gasteiger partial charge is 0.311 e. The number of nitro benzene ring substituents is 1. The third-order valence-electron chi connectivity index (χ3n) is 2.40. The van der Waals surface area contributed by atoms with Crippen molar-refractivity contribution in [3.8, 4) is 5.75 Å². The standard InChI is InChI=1S/C12H11ClN4O3/c1-7-4-11(14)16-12(15-7)6-20-10-5-8(13)2-3-9(10)17(18)19/h2-5H,6H2,1H3,(H2,14,15,16). The number of anilines is 1. The predicted molar refractivity (Wildman–Crippen MR) is 73.6 cm³/mol. The van der Waals surface area contributed by atoms with Gasteiger partial charge in [-0.05, 0) is 13.0 Å². The molecular formula is C12H11ClN4O3. The number of nitro groups is 1. The molecule has 2 N–H and O–H groups in total. The van der Waals surface area contributed by atoms with Gasteiger partial charge in [-0.15, -0.1) is 0 Å². The van der Waals surface area contributed by atoms with Gasteiger partial charge in [0.25, 0.3) is 0 Å². The molecular weight excluding hydrogens is 284 g/mol. The van der Waals surface area contributed by atoms with Crippen LogP contribution in [-0.4, -0.2) is 14.9 Å². The zero-order valence-corrected chi connectivity index (χ0v) is 11.3. The Morgan fingerprint density at radius 1 is 1.40 bits per heavy atom. The normalized spacial score (nSPS) is 10.3. The van der Waals surface area contributed by atoms with E-state index in [0.29, 0.717) is 22.4 Å². The Morgan fingerprint density at radius 3 is 2.80 bits per heavy atom. The molecule has 1 aromatic carbocycles. The molecule has 7 nitrogen and oxygen atoms in total. The first-order valence-corrected chi connectivity index (χ1v) is 6.00. The van der Waals surface area contributed by atoms with Crippen LogP contribution in [-0.2, 0) is 6.61 Å². The van der Waals surface area contributed by atoms with Crippen LogP contribution in [0.2, 0.25) is 5.02 Å². The summed E-state index contributed by atoms with van der Waals surface area (Å²) in [6, 6.07) is 5.70. The van der Waals surface area contributed by atoms with Gasteiger partial charge in [0.1, 0.15) is 12.4 Å². The molecule has 104 valence electrons. The van der Waals surface area contributed by atoms with Crippen LogP contribution < -0.4 is 10.5 Å². The number of nitrogen functional groups attached to an aromatic ring is 1. The maximum atomic E-state index is 10.9. The van der Waals surface area contributed by atoms with E-state index in [1.165, 1.54) is 18.2 Å². The quantitative estimate of drug-likeness (QED) is 0.686. The second kappa shape index (κ2) is 5.70. The molecule has 0 unspecified atom stereocenters. The fourth-order valence-corrected chi connectivity index (χ4v) is 1.78. The number of aryl methyl sites for hydroxylation is 1. The fourth-order valence-electron chi connectivity index (χ4n) is 1.62. The molecule has 0 radical (unpaired) electrons. The van der Waals surface area contributed by atoms with E-state index in [4.69, 9.17) is 22.1 Å². The summed E-state index contributed by atoms with van der Waals surface area (Å²) in [5, 5.41) is 11.2. The first-order chi connectivity index (χ1) is 9.45. The summed E-state index contributed by atoms with van der Waals surface area (Å²) in [6.07, 6.45) is 0. The summed E-state index contributed by atoms with van der Waals surface area (Å²) < 4.78 is 5.37. The SMILES string of the molecule is Cc1cc(N)nc(COc2cc(Cl)ccc2[N+](=O)[O-])n1. The highest BCUT2D eigenvalue weighted by Gasteiger charge is 2.16. The second-order valence-electron chi connectivity index (χ2n) is 4.01. The first-order valence-electron chi connectivity index (χ1n) is 5.62. The Balaban J connectivity index is 2.22. The summed E-state index contributed by atoms with van der Waals surface area (Å²) in [5.41, 5.74) is 6.11. The van der Waals surface area contributed by atoms with Gasteiger partial charge >= 0.3 is 5.69 Å². The minimum Gasteiger partial charge on any atom is -0.479 e. The number of aromatic nitrogens is 2. The Labute approximate surface area is 119 Å². The fraction of sp³-hybridized carbons (Fsp3) is 0.167. The van der Waals surface area contributed by atoms with Crippen molar-refractivity contribution >= 4 is 23.1 Å². The van der Waals surface area contributed by atoms with Gasteiger partial charge in [0.15, 0.2) is 11.6 Å². The molecule has 2 aromatic rings. The van der Waals surface area contributed by atoms with E-state index in [0.717, 1.165) is 0 Å². The molecule has 1 aromatic heterocycles. The molecule has 0 bridgehead atoms. The molecule has 0 atom stereocenters. The molecule has 0 saturated carbocycles. The number of rotatable bonds is 4. The minimum absolute atomic E-state index is 0.0347. The summed E-state index contributed by atoms with van der Waals surface area (Å²) in [7, 11) is 0. The van der Waals surface area contributed by atoms with Crippen LogP contribution in [0.1, 0.15) is 11.5 Å². The molecule has 0 amide bonds. The van der Waals surface area contributed by atoms with E-state index >= 15 is 0 Å². The lowest BCUT2D eigenvalue weighted by atomic mass is 10.3. The number of ether oxygens (including phenoxy) is 1. The molecule has 0 fully saturated rings. The van der Waals surface area contributed by atoms with E-state index in [-0.39, 0.29) is 18.0 Å². The van der Waals surface area contributed by atoms with Crippen LogP contribution in [0.4, 0.5) is 11.5 Å². The van der Waals surface area contributed by atoms with Gasteiger partial charge in [0, 0.05) is 28.9 Å². The predicted octanol–water partition coefficient (Wildman–Crippen LogP) is 2.51. The van der Waals surface area contributed by atoms with E-state index in [1.807, 2.05) is 0 Å². The Hall–Kier alpha value is -2.41. The topological polar surface area (TPSA) is 104 Å². The number of halogens is 1. The molecule has 2 rings (SSSR count). The van der Waals surface area contributed by atoms with Crippen LogP contribution in [0.3, 0.4) is 0 Å². The van der Waals surface area contributed by atoms with Gasteiger partial charge in [-0.1, -0.05) is 11.6 Å². The van der Waals surface area contributed by atoms with Crippen molar-refractivity contribution in [2.45, 2.75) is 13.5 Å². The molecule has 0 aliphatic rings. The molecule has 0 saturated heterocycles. The largest absolute Gasteiger partial charge is 0.479 e. The number of hydrogen-bond donors (Lipinski definition) is 1. The van der Waals surface area contributed by atoms with Crippen LogP contribution >= 0.6 is 11.6 Å².